The van der Waals surface area contributed by atoms with Crippen molar-refractivity contribution in [2.75, 3.05) is 33.8 Å². The number of nitrogens with one attached hydrogen (secondary N) is 1. The van der Waals surface area contributed by atoms with Crippen LogP contribution in [0.15, 0.2) is 65.3 Å². The Kier molecular flexibility index (Phi) is 9.04. The van der Waals surface area contributed by atoms with Crippen molar-refractivity contribution >= 4 is 5.91 Å². The molecule has 0 saturated heterocycles. The summed E-state index contributed by atoms with van der Waals surface area (Å²) in [5, 5.41) is 2.87. The number of rotatable bonds is 12. The van der Waals surface area contributed by atoms with Crippen LogP contribution in [0.3, 0.4) is 0 Å². The predicted octanol–water partition coefficient (Wildman–Crippen LogP) is 4.13. The summed E-state index contributed by atoms with van der Waals surface area (Å²) in [7, 11) is 3.93. The van der Waals surface area contributed by atoms with Crippen molar-refractivity contribution in [1.29, 1.82) is 0 Å². The lowest BCUT2D eigenvalue weighted by molar-refractivity contribution is 0.0946. The first-order valence-electron chi connectivity index (χ1n) is 11.3. The van der Waals surface area contributed by atoms with Gasteiger partial charge >= 0.3 is 0 Å². The number of hydrogen-bond donors (Lipinski definition) is 1. The SMILES string of the molecule is CCOc1ccc(CN(Cc2nc(C(=O)NCCN(C)C)co2)[C@@H](C)c2ccccc2)cc1. The second-order valence-corrected chi connectivity index (χ2v) is 8.25. The maximum Gasteiger partial charge on any atom is 0.273 e. The maximum absolute atomic E-state index is 12.4. The third-order valence-electron chi connectivity index (χ3n) is 5.42. The molecule has 0 saturated carbocycles. The molecule has 0 aliphatic carbocycles. The van der Waals surface area contributed by atoms with E-state index in [0.29, 0.717) is 37.8 Å². The van der Waals surface area contributed by atoms with Crippen LogP contribution in [0.4, 0.5) is 0 Å². The zero-order chi connectivity index (χ0) is 23.6. The molecule has 7 nitrogen and oxygen atoms in total. The van der Waals surface area contributed by atoms with E-state index in [4.69, 9.17) is 9.15 Å². The molecule has 1 aromatic heterocycles. The normalized spacial score (nSPS) is 12.2. The Labute approximate surface area is 196 Å². The highest BCUT2D eigenvalue weighted by molar-refractivity contribution is 5.91. The molecule has 0 spiro atoms. The molecule has 1 heterocycles. The van der Waals surface area contributed by atoms with Gasteiger partial charge in [-0.1, -0.05) is 42.5 Å². The standard InChI is InChI=1S/C26H34N4O3/c1-5-32-23-13-11-21(12-14-23)17-30(20(2)22-9-7-6-8-10-22)18-25-28-24(19-33-25)26(31)27-15-16-29(3)4/h6-14,19-20H,5,15-18H2,1-4H3,(H,27,31)/t20-/m0/s1. The van der Waals surface area contributed by atoms with Gasteiger partial charge < -0.3 is 19.4 Å². The number of carbonyl (C=O) groups excluding carboxylic acids is 1. The minimum atomic E-state index is -0.221. The number of aromatic nitrogens is 1. The van der Waals surface area contributed by atoms with Crippen LogP contribution >= 0.6 is 0 Å². The van der Waals surface area contributed by atoms with E-state index in [-0.39, 0.29) is 11.9 Å². The molecule has 1 N–H and O–H groups in total. The zero-order valence-corrected chi connectivity index (χ0v) is 20.0. The number of nitrogens with zero attached hydrogens (tertiary/aromatic N) is 3. The van der Waals surface area contributed by atoms with Gasteiger partial charge in [0.05, 0.1) is 13.2 Å². The highest BCUT2D eigenvalue weighted by Gasteiger charge is 2.20. The van der Waals surface area contributed by atoms with Gasteiger partial charge in [-0.15, -0.1) is 0 Å². The van der Waals surface area contributed by atoms with Crippen LogP contribution in [-0.2, 0) is 13.1 Å². The van der Waals surface area contributed by atoms with Crippen molar-refractivity contribution in [2.24, 2.45) is 0 Å². The number of hydrogen-bond acceptors (Lipinski definition) is 6. The molecule has 33 heavy (non-hydrogen) atoms. The maximum atomic E-state index is 12.4. The lowest BCUT2D eigenvalue weighted by Crippen LogP contribution is -2.31. The molecule has 0 fully saturated rings. The number of carbonyl (C=O) groups is 1. The summed E-state index contributed by atoms with van der Waals surface area (Å²) in [5.74, 6) is 1.16. The molecule has 1 atom stereocenters. The average molecular weight is 451 g/mol. The van der Waals surface area contributed by atoms with Crippen molar-refractivity contribution < 1.29 is 13.9 Å². The van der Waals surface area contributed by atoms with E-state index in [1.807, 2.05) is 56.3 Å². The van der Waals surface area contributed by atoms with Crippen molar-refractivity contribution in [3.63, 3.8) is 0 Å². The number of ether oxygens (including phenoxy) is 1. The topological polar surface area (TPSA) is 70.8 Å². The van der Waals surface area contributed by atoms with E-state index < -0.39 is 0 Å². The van der Waals surface area contributed by atoms with Gasteiger partial charge in [0, 0.05) is 25.7 Å². The van der Waals surface area contributed by atoms with Crippen LogP contribution in [0.5, 0.6) is 5.75 Å². The molecule has 176 valence electrons. The van der Waals surface area contributed by atoms with Gasteiger partial charge in [-0.05, 0) is 51.2 Å². The van der Waals surface area contributed by atoms with E-state index in [1.165, 1.54) is 11.8 Å². The molecule has 7 heteroatoms. The number of amides is 1. The first kappa shape index (κ1) is 24.5. The Morgan fingerprint density at radius 1 is 1.09 bits per heavy atom. The summed E-state index contributed by atoms with van der Waals surface area (Å²) >= 11 is 0. The van der Waals surface area contributed by atoms with E-state index in [0.717, 1.165) is 17.9 Å². The lowest BCUT2D eigenvalue weighted by Gasteiger charge is -2.28. The fourth-order valence-electron chi connectivity index (χ4n) is 3.51. The minimum absolute atomic E-state index is 0.127. The van der Waals surface area contributed by atoms with Gasteiger partial charge in [-0.3, -0.25) is 9.69 Å². The van der Waals surface area contributed by atoms with E-state index >= 15 is 0 Å². The van der Waals surface area contributed by atoms with Gasteiger partial charge in [0.25, 0.3) is 5.91 Å². The third kappa shape index (κ3) is 7.44. The Hall–Kier alpha value is -3.16. The summed E-state index contributed by atoms with van der Waals surface area (Å²) in [5.41, 5.74) is 2.67. The highest BCUT2D eigenvalue weighted by Crippen LogP contribution is 2.25. The Balaban J connectivity index is 1.73. The number of likely N-dealkylation sites (N-methyl/N-ethyl adjacent to an activating group) is 1. The molecule has 0 radical (unpaired) electrons. The molecule has 0 aliphatic heterocycles. The van der Waals surface area contributed by atoms with E-state index in [2.05, 4.69) is 46.4 Å². The second kappa shape index (κ2) is 12.2. The molecule has 0 aliphatic rings. The molecule has 1 amide bonds. The van der Waals surface area contributed by atoms with E-state index in [1.54, 1.807) is 0 Å². The number of oxazole rings is 1. The van der Waals surface area contributed by atoms with Gasteiger partial charge in [-0.25, -0.2) is 4.98 Å². The van der Waals surface area contributed by atoms with Crippen molar-refractivity contribution in [1.82, 2.24) is 20.1 Å². The second-order valence-electron chi connectivity index (χ2n) is 8.25. The van der Waals surface area contributed by atoms with Crippen LogP contribution in [0.2, 0.25) is 0 Å². The first-order valence-corrected chi connectivity index (χ1v) is 11.3. The average Bonchev–Trinajstić information content (AvgIpc) is 3.28. The number of benzene rings is 2. The fourth-order valence-corrected chi connectivity index (χ4v) is 3.51. The molecule has 0 unspecified atom stereocenters. The quantitative estimate of drug-likeness (QED) is 0.447. The van der Waals surface area contributed by atoms with Crippen LogP contribution in [0, 0.1) is 0 Å². The van der Waals surface area contributed by atoms with Gasteiger partial charge in [0.1, 0.15) is 12.0 Å². The molecular formula is C26H34N4O3. The van der Waals surface area contributed by atoms with Gasteiger partial charge in [-0.2, -0.15) is 0 Å². The fraction of sp³-hybridized carbons (Fsp3) is 0.385. The largest absolute Gasteiger partial charge is 0.494 e. The summed E-state index contributed by atoms with van der Waals surface area (Å²) in [4.78, 5) is 21.1. The molecule has 3 rings (SSSR count). The Bertz CT molecular complexity index is 986. The molecule has 3 aromatic rings. The highest BCUT2D eigenvalue weighted by atomic mass is 16.5. The summed E-state index contributed by atoms with van der Waals surface area (Å²) in [6, 6.07) is 18.6. The van der Waals surface area contributed by atoms with Crippen LogP contribution < -0.4 is 10.1 Å². The van der Waals surface area contributed by atoms with Crippen molar-refractivity contribution in [3.05, 3.63) is 83.6 Å². The Morgan fingerprint density at radius 3 is 2.48 bits per heavy atom. The monoisotopic (exact) mass is 450 g/mol. The lowest BCUT2D eigenvalue weighted by atomic mass is 10.1. The Morgan fingerprint density at radius 2 is 1.82 bits per heavy atom. The zero-order valence-electron chi connectivity index (χ0n) is 20.0. The predicted molar refractivity (Wildman–Crippen MR) is 129 cm³/mol. The molecular weight excluding hydrogens is 416 g/mol. The summed E-state index contributed by atoms with van der Waals surface area (Å²) in [6.07, 6.45) is 1.43. The van der Waals surface area contributed by atoms with Crippen molar-refractivity contribution in [3.8, 4) is 5.75 Å². The minimum Gasteiger partial charge on any atom is -0.494 e. The van der Waals surface area contributed by atoms with Crippen LogP contribution in [-0.4, -0.2) is 54.5 Å². The summed E-state index contributed by atoms with van der Waals surface area (Å²) in [6.45, 7) is 7.30. The van der Waals surface area contributed by atoms with Crippen molar-refractivity contribution in [2.45, 2.75) is 33.0 Å². The first-order chi connectivity index (χ1) is 16.0. The summed E-state index contributed by atoms with van der Waals surface area (Å²) < 4.78 is 11.2. The van der Waals surface area contributed by atoms with Gasteiger partial charge in [0.15, 0.2) is 5.69 Å². The third-order valence-corrected chi connectivity index (χ3v) is 5.42. The molecule has 2 aromatic carbocycles. The smallest absolute Gasteiger partial charge is 0.273 e. The van der Waals surface area contributed by atoms with Crippen LogP contribution in [0.25, 0.3) is 0 Å². The van der Waals surface area contributed by atoms with E-state index in [9.17, 15) is 4.79 Å². The molecule has 0 bridgehead atoms. The van der Waals surface area contributed by atoms with Gasteiger partial charge in [0.2, 0.25) is 5.89 Å². The van der Waals surface area contributed by atoms with Crippen LogP contribution in [0.1, 0.15) is 47.4 Å².